The molecule has 3 rings (SSSR count). The smallest absolute Gasteiger partial charge is 0.263 e. The van der Waals surface area contributed by atoms with E-state index in [4.69, 9.17) is 16.3 Å². The summed E-state index contributed by atoms with van der Waals surface area (Å²) in [4.78, 5) is 17.1. The number of aromatic nitrogens is 1. The number of methoxy groups -OCH3 is 1. The number of halogens is 1. The first-order chi connectivity index (χ1) is 13.8. The lowest BCUT2D eigenvalue weighted by atomic mass is 10.2. The van der Waals surface area contributed by atoms with E-state index in [0.29, 0.717) is 27.9 Å². The van der Waals surface area contributed by atoms with E-state index in [1.807, 2.05) is 24.3 Å². The molecule has 0 atom stereocenters. The van der Waals surface area contributed by atoms with Crippen LogP contribution in [0.25, 0.3) is 0 Å². The maximum Gasteiger partial charge on any atom is 0.263 e. The molecule has 0 radical (unpaired) electrons. The molecule has 0 saturated heterocycles. The Morgan fingerprint density at radius 2 is 1.93 bits per heavy atom. The SMILES string of the molecule is COc1cccc(CNC(=O)c2sc(NS(=O)(=O)c3ccc(Cl)cc3)nc2C)c1. The van der Waals surface area contributed by atoms with Gasteiger partial charge in [-0.05, 0) is 48.9 Å². The molecule has 0 aliphatic rings. The molecule has 0 spiro atoms. The van der Waals surface area contributed by atoms with Gasteiger partial charge >= 0.3 is 0 Å². The summed E-state index contributed by atoms with van der Waals surface area (Å²) in [5.74, 6) is 0.365. The maximum absolute atomic E-state index is 12.5. The second kappa shape index (κ2) is 8.81. The van der Waals surface area contributed by atoms with Crippen LogP contribution in [-0.2, 0) is 16.6 Å². The van der Waals surface area contributed by atoms with Crippen LogP contribution in [0.15, 0.2) is 53.4 Å². The van der Waals surface area contributed by atoms with Crippen LogP contribution in [0, 0.1) is 6.92 Å². The van der Waals surface area contributed by atoms with Crippen molar-refractivity contribution in [1.29, 1.82) is 0 Å². The number of amides is 1. The van der Waals surface area contributed by atoms with Crippen LogP contribution in [0.1, 0.15) is 20.9 Å². The first-order valence-electron chi connectivity index (χ1n) is 8.45. The van der Waals surface area contributed by atoms with E-state index < -0.39 is 10.0 Å². The van der Waals surface area contributed by atoms with E-state index in [0.717, 1.165) is 16.9 Å². The van der Waals surface area contributed by atoms with E-state index >= 15 is 0 Å². The van der Waals surface area contributed by atoms with Gasteiger partial charge in [-0.15, -0.1) is 0 Å². The second-order valence-electron chi connectivity index (χ2n) is 6.03. The molecule has 1 aromatic heterocycles. The van der Waals surface area contributed by atoms with Gasteiger partial charge in [0.05, 0.1) is 17.7 Å². The summed E-state index contributed by atoms with van der Waals surface area (Å²) >= 11 is 6.77. The molecule has 2 N–H and O–H groups in total. The number of hydrogen-bond acceptors (Lipinski definition) is 6. The van der Waals surface area contributed by atoms with Gasteiger partial charge in [0.25, 0.3) is 15.9 Å². The number of rotatable bonds is 7. The zero-order valence-corrected chi connectivity index (χ0v) is 18.0. The number of nitrogens with zero attached hydrogens (tertiary/aromatic N) is 1. The van der Waals surface area contributed by atoms with Crippen LogP contribution in [0.3, 0.4) is 0 Å². The summed E-state index contributed by atoms with van der Waals surface area (Å²) in [6.45, 7) is 1.95. The molecule has 2 aromatic carbocycles. The lowest BCUT2D eigenvalue weighted by Crippen LogP contribution is -2.22. The van der Waals surface area contributed by atoms with Gasteiger partial charge in [0.2, 0.25) is 0 Å². The average Bonchev–Trinajstić information content (AvgIpc) is 3.06. The Bertz CT molecular complexity index is 1130. The summed E-state index contributed by atoms with van der Waals surface area (Å²) in [5, 5.41) is 3.35. The third-order valence-electron chi connectivity index (χ3n) is 3.94. The quantitative estimate of drug-likeness (QED) is 0.568. The maximum atomic E-state index is 12.5. The van der Waals surface area contributed by atoms with E-state index in [1.54, 1.807) is 14.0 Å². The summed E-state index contributed by atoms with van der Waals surface area (Å²) in [5.41, 5.74) is 1.32. The molecular weight excluding hydrogens is 434 g/mol. The first-order valence-corrected chi connectivity index (χ1v) is 11.1. The third-order valence-corrected chi connectivity index (χ3v) is 6.74. The molecule has 29 heavy (non-hydrogen) atoms. The number of carbonyl (C=O) groups excluding carboxylic acids is 1. The van der Waals surface area contributed by atoms with Crippen LogP contribution in [0.5, 0.6) is 5.75 Å². The van der Waals surface area contributed by atoms with Gasteiger partial charge in [-0.3, -0.25) is 9.52 Å². The first kappa shape index (κ1) is 21.1. The Hall–Kier alpha value is -2.62. The Balaban J connectivity index is 1.70. The van der Waals surface area contributed by atoms with Gasteiger partial charge < -0.3 is 10.1 Å². The van der Waals surface area contributed by atoms with Crippen LogP contribution < -0.4 is 14.8 Å². The second-order valence-corrected chi connectivity index (χ2v) is 9.15. The van der Waals surface area contributed by atoms with Crippen LogP contribution in [0.2, 0.25) is 5.02 Å². The van der Waals surface area contributed by atoms with Gasteiger partial charge in [-0.1, -0.05) is 35.1 Å². The van der Waals surface area contributed by atoms with Crippen molar-refractivity contribution in [2.24, 2.45) is 0 Å². The summed E-state index contributed by atoms with van der Waals surface area (Å²) in [6.07, 6.45) is 0. The van der Waals surface area contributed by atoms with Crippen LogP contribution >= 0.6 is 22.9 Å². The van der Waals surface area contributed by atoms with Crippen molar-refractivity contribution in [3.05, 3.63) is 69.7 Å². The van der Waals surface area contributed by atoms with E-state index in [2.05, 4.69) is 15.0 Å². The number of aryl methyl sites for hydroxylation is 1. The zero-order chi connectivity index (χ0) is 21.0. The van der Waals surface area contributed by atoms with E-state index in [9.17, 15) is 13.2 Å². The van der Waals surface area contributed by atoms with Crippen molar-refractivity contribution in [2.75, 3.05) is 11.8 Å². The summed E-state index contributed by atoms with van der Waals surface area (Å²) < 4.78 is 32.5. The van der Waals surface area contributed by atoms with Crippen molar-refractivity contribution >= 4 is 44.0 Å². The number of carbonyl (C=O) groups is 1. The topological polar surface area (TPSA) is 97.4 Å². The molecular formula is C19H18ClN3O4S2. The predicted octanol–water partition coefficient (Wildman–Crippen LogP) is 3.84. The minimum atomic E-state index is -3.83. The molecule has 1 amide bonds. The molecule has 3 aromatic rings. The molecule has 1 heterocycles. The molecule has 0 bridgehead atoms. The zero-order valence-electron chi connectivity index (χ0n) is 15.6. The molecule has 152 valence electrons. The Kier molecular flexibility index (Phi) is 6.41. The lowest BCUT2D eigenvalue weighted by molar-refractivity contribution is 0.0954. The van der Waals surface area contributed by atoms with Gasteiger partial charge in [-0.2, -0.15) is 0 Å². The van der Waals surface area contributed by atoms with Crippen molar-refractivity contribution in [3.63, 3.8) is 0 Å². The normalized spacial score (nSPS) is 11.1. The summed E-state index contributed by atoms with van der Waals surface area (Å²) in [6, 6.07) is 13.1. The van der Waals surface area contributed by atoms with Crippen molar-refractivity contribution in [2.45, 2.75) is 18.4 Å². The third kappa shape index (κ3) is 5.26. The van der Waals surface area contributed by atoms with Gasteiger partial charge in [0, 0.05) is 11.6 Å². The number of thiazole rings is 1. The molecule has 0 aliphatic heterocycles. The Labute approximate surface area is 177 Å². The largest absolute Gasteiger partial charge is 0.497 e. The number of anilines is 1. The average molecular weight is 452 g/mol. The molecule has 7 nitrogen and oxygen atoms in total. The monoisotopic (exact) mass is 451 g/mol. The standard InChI is InChI=1S/C19H18ClN3O4S2/c1-12-17(18(24)21-11-13-4-3-5-15(10-13)27-2)28-19(22-12)23-29(25,26)16-8-6-14(20)7-9-16/h3-10H,11H2,1-2H3,(H,21,24)(H,22,23). The highest BCUT2D eigenvalue weighted by Crippen LogP contribution is 2.25. The molecule has 0 aliphatic carbocycles. The van der Waals surface area contributed by atoms with E-state index in [1.165, 1.54) is 24.3 Å². The number of benzene rings is 2. The number of ether oxygens (including phenoxy) is 1. The van der Waals surface area contributed by atoms with Crippen molar-refractivity contribution < 1.29 is 17.9 Å². The highest BCUT2D eigenvalue weighted by atomic mass is 35.5. The fourth-order valence-corrected chi connectivity index (χ4v) is 4.73. The van der Waals surface area contributed by atoms with Gasteiger partial charge in [0.1, 0.15) is 10.6 Å². The summed E-state index contributed by atoms with van der Waals surface area (Å²) in [7, 11) is -2.25. The minimum Gasteiger partial charge on any atom is -0.497 e. The molecule has 0 fully saturated rings. The fraction of sp³-hybridized carbons (Fsp3) is 0.158. The molecule has 0 unspecified atom stereocenters. The number of nitrogens with one attached hydrogen (secondary N) is 2. The van der Waals surface area contributed by atoms with Crippen LogP contribution in [0.4, 0.5) is 5.13 Å². The van der Waals surface area contributed by atoms with Gasteiger partial charge in [0.15, 0.2) is 5.13 Å². The van der Waals surface area contributed by atoms with Crippen LogP contribution in [-0.4, -0.2) is 26.4 Å². The Morgan fingerprint density at radius 1 is 1.21 bits per heavy atom. The van der Waals surface area contributed by atoms with Crippen molar-refractivity contribution in [1.82, 2.24) is 10.3 Å². The minimum absolute atomic E-state index is 0.0544. The lowest BCUT2D eigenvalue weighted by Gasteiger charge is -2.06. The predicted molar refractivity (Wildman–Crippen MR) is 113 cm³/mol. The Morgan fingerprint density at radius 3 is 2.62 bits per heavy atom. The molecule has 0 saturated carbocycles. The highest BCUT2D eigenvalue weighted by Gasteiger charge is 2.20. The highest BCUT2D eigenvalue weighted by molar-refractivity contribution is 7.93. The fourth-order valence-electron chi connectivity index (χ4n) is 2.48. The molecule has 10 heteroatoms. The number of hydrogen-bond donors (Lipinski definition) is 2. The number of sulfonamides is 1. The van der Waals surface area contributed by atoms with E-state index in [-0.39, 0.29) is 15.9 Å². The van der Waals surface area contributed by atoms with Crippen molar-refractivity contribution in [3.8, 4) is 5.75 Å². The van der Waals surface area contributed by atoms with Gasteiger partial charge in [-0.25, -0.2) is 13.4 Å².